The number of carbonyl (C=O) groups excluding carboxylic acids is 1. The second-order valence-corrected chi connectivity index (χ2v) is 9.51. The highest BCUT2D eigenvalue weighted by Gasteiger charge is 2.26. The predicted octanol–water partition coefficient (Wildman–Crippen LogP) is 3.27. The molecule has 0 bridgehead atoms. The lowest BCUT2D eigenvalue weighted by atomic mass is 10.0. The average Bonchev–Trinajstić information content (AvgIpc) is 3.53. The van der Waals surface area contributed by atoms with Gasteiger partial charge in [-0.15, -0.1) is 0 Å². The number of hydrogen-bond donors (Lipinski definition) is 3. The van der Waals surface area contributed by atoms with Crippen LogP contribution >= 0.6 is 0 Å². The number of rotatable bonds is 6. The van der Waals surface area contributed by atoms with Gasteiger partial charge in [0.05, 0.1) is 18.9 Å². The topological polar surface area (TPSA) is 108 Å². The summed E-state index contributed by atoms with van der Waals surface area (Å²) in [6, 6.07) is 7.91. The molecule has 9 nitrogen and oxygen atoms in total. The fourth-order valence-electron chi connectivity index (χ4n) is 5.19. The van der Waals surface area contributed by atoms with Crippen LogP contribution in [0.5, 0.6) is 0 Å². The monoisotopic (exact) mass is 488 g/mol. The van der Waals surface area contributed by atoms with E-state index in [4.69, 9.17) is 4.74 Å². The molecule has 5 heterocycles. The second kappa shape index (κ2) is 9.75. The fourth-order valence-corrected chi connectivity index (χ4v) is 5.19. The number of morpholine rings is 1. The first-order valence-electron chi connectivity index (χ1n) is 12.3. The molecule has 36 heavy (non-hydrogen) atoms. The van der Waals surface area contributed by atoms with E-state index in [9.17, 15) is 9.59 Å². The molecule has 4 aromatic heterocycles. The smallest absolute Gasteiger partial charge is 0.253 e. The number of fused-ring (bicyclic) bond motifs is 1. The first-order chi connectivity index (χ1) is 17.3. The number of amides is 1. The molecule has 9 heteroatoms. The van der Waals surface area contributed by atoms with Crippen molar-refractivity contribution in [2.75, 3.05) is 26.3 Å². The molecule has 0 radical (unpaired) electrons. The van der Waals surface area contributed by atoms with Crippen molar-refractivity contribution in [2.24, 2.45) is 0 Å². The summed E-state index contributed by atoms with van der Waals surface area (Å²) >= 11 is 0. The quantitative estimate of drug-likeness (QED) is 0.386. The molecule has 1 fully saturated rings. The zero-order chi connectivity index (χ0) is 25.4. The van der Waals surface area contributed by atoms with Gasteiger partial charge in [-0.2, -0.15) is 5.10 Å². The lowest BCUT2D eigenvalue weighted by Crippen LogP contribution is -2.39. The van der Waals surface area contributed by atoms with E-state index in [0.29, 0.717) is 24.3 Å². The van der Waals surface area contributed by atoms with E-state index >= 15 is 0 Å². The number of aromatic amines is 2. The third-order valence-corrected chi connectivity index (χ3v) is 7.15. The Hall–Kier alpha value is -3.69. The molecule has 0 saturated carbocycles. The minimum atomic E-state index is -0.200. The van der Waals surface area contributed by atoms with Crippen molar-refractivity contribution in [3.8, 4) is 11.3 Å². The molecular formula is C27H32N6O3. The number of nitrogens with one attached hydrogen (secondary N) is 3. The van der Waals surface area contributed by atoms with Gasteiger partial charge in [-0.3, -0.25) is 19.6 Å². The maximum atomic E-state index is 13.5. The maximum absolute atomic E-state index is 13.5. The first kappa shape index (κ1) is 24.0. The van der Waals surface area contributed by atoms with Crippen LogP contribution in [0.1, 0.15) is 51.4 Å². The molecular weight excluding hydrogens is 456 g/mol. The standard InChI is InChI=1S/C27H32N6O3/c1-16-11-17(2)30-27(35)23(16)14-28-26(34)22-13-21-12-20(24-5-6-29-31-24)15-33(21)25(18(22)3)19(4)32-7-9-36-10-8-32/h5-6,11-13,15,19H,7-10,14H2,1-4H3,(H,28,34)(H,29,31)(H,30,35). The molecule has 0 aliphatic carbocycles. The SMILES string of the molecule is Cc1cc(C)c(CNC(=O)c2cc3cc(-c4ccn[nH]4)cn3c(C(C)N3CCOCC3)c2C)c(=O)[nH]1. The minimum Gasteiger partial charge on any atom is -0.379 e. The van der Waals surface area contributed by atoms with Crippen molar-refractivity contribution in [3.63, 3.8) is 0 Å². The minimum absolute atomic E-state index is 0.0772. The van der Waals surface area contributed by atoms with E-state index in [0.717, 1.165) is 52.4 Å². The Kier molecular flexibility index (Phi) is 6.51. The molecule has 1 aliphatic rings. The van der Waals surface area contributed by atoms with Crippen LogP contribution in [0.25, 0.3) is 16.8 Å². The van der Waals surface area contributed by atoms with Crippen molar-refractivity contribution in [3.05, 3.63) is 80.7 Å². The largest absolute Gasteiger partial charge is 0.379 e. The molecule has 0 aromatic carbocycles. The third kappa shape index (κ3) is 4.47. The molecule has 3 N–H and O–H groups in total. The Labute approximate surface area is 209 Å². The van der Waals surface area contributed by atoms with Crippen molar-refractivity contribution in [2.45, 2.75) is 40.3 Å². The van der Waals surface area contributed by atoms with Crippen LogP contribution in [0.2, 0.25) is 0 Å². The number of pyridine rings is 2. The summed E-state index contributed by atoms with van der Waals surface area (Å²) in [7, 11) is 0. The fraction of sp³-hybridized carbons (Fsp3) is 0.370. The van der Waals surface area contributed by atoms with Gasteiger partial charge in [-0.1, -0.05) is 0 Å². The van der Waals surface area contributed by atoms with Gasteiger partial charge in [-0.25, -0.2) is 0 Å². The van der Waals surface area contributed by atoms with Gasteiger partial charge in [0.15, 0.2) is 0 Å². The number of aryl methyl sites for hydroxylation is 2. The number of nitrogens with zero attached hydrogens (tertiary/aromatic N) is 3. The highest BCUT2D eigenvalue weighted by Crippen LogP contribution is 2.31. The van der Waals surface area contributed by atoms with Gasteiger partial charge in [0.1, 0.15) is 0 Å². The van der Waals surface area contributed by atoms with Gasteiger partial charge >= 0.3 is 0 Å². The summed E-state index contributed by atoms with van der Waals surface area (Å²) in [5, 5.41) is 10.1. The van der Waals surface area contributed by atoms with Crippen molar-refractivity contribution in [1.82, 2.24) is 29.8 Å². The molecule has 1 aliphatic heterocycles. The van der Waals surface area contributed by atoms with Gasteiger partial charge in [0.25, 0.3) is 11.5 Å². The number of aromatic nitrogens is 4. The number of hydrogen-bond acceptors (Lipinski definition) is 5. The van der Waals surface area contributed by atoms with Crippen LogP contribution in [0.15, 0.2) is 41.5 Å². The summed E-state index contributed by atoms with van der Waals surface area (Å²) in [5.41, 5.74) is 7.50. The Morgan fingerprint density at radius 3 is 2.67 bits per heavy atom. The van der Waals surface area contributed by atoms with Gasteiger partial charge in [-0.05, 0) is 63.1 Å². The van der Waals surface area contributed by atoms with Crippen molar-refractivity contribution < 1.29 is 9.53 Å². The van der Waals surface area contributed by atoms with Crippen molar-refractivity contribution >= 4 is 11.4 Å². The summed E-state index contributed by atoms with van der Waals surface area (Å²) in [5.74, 6) is -0.200. The van der Waals surface area contributed by atoms with Crippen molar-refractivity contribution in [1.29, 1.82) is 0 Å². The van der Waals surface area contributed by atoms with E-state index in [1.165, 1.54) is 0 Å². The zero-order valence-electron chi connectivity index (χ0n) is 21.1. The Bertz CT molecular complexity index is 1460. The molecule has 1 atom stereocenters. The third-order valence-electron chi connectivity index (χ3n) is 7.15. The van der Waals surface area contributed by atoms with E-state index in [-0.39, 0.29) is 24.1 Å². The van der Waals surface area contributed by atoms with Crippen LogP contribution in [0, 0.1) is 20.8 Å². The van der Waals surface area contributed by atoms with E-state index < -0.39 is 0 Å². The lowest BCUT2D eigenvalue weighted by Gasteiger charge is -2.34. The Balaban J connectivity index is 1.55. The van der Waals surface area contributed by atoms with Gasteiger partial charge in [0, 0.05) is 71.7 Å². The average molecular weight is 489 g/mol. The highest BCUT2D eigenvalue weighted by atomic mass is 16.5. The molecule has 5 rings (SSSR count). The second-order valence-electron chi connectivity index (χ2n) is 9.51. The normalized spacial score (nSPS) is 15.3. The van der Waals surface area contributed by atoms with E-state index in [1.54, 1.807) is 6.20 Å². The molecule has 1 saturated heterocycles. The maximum Gasteiger partial charge on any atom is 0.253 e. The predicted molar refractivity (Wildman–Crippen MR) is 138 cm³/mol. The first-order valence-corrected chi connectivity index (χ1v) is 12.3. The molecule has 1 amide bonds. The van der Waals surface area contributed by atoms with Crippen LogP contribution in [-0.2, 0) is 11.3 Å². The summed E-state index contributed by atoms with van der Waals surface area (Å²) in [4.78, 5) is 31.1. The van der Waals surface area contributed by atoms with Crippen LogP contribution in [0.3, 0.4) is 0 Å². The molecule has 4 aromatic rings. The van der Waals surface area contributed by atoms with E-state index in [2.05, 4.69) is 49.0 Å². The van der Waals surface area contributed by atoms with Crippen LogP contribution in [-0.4, -0.2) is 56.7 Å². The molecule has 0 spiro atoms. The molecule has 188 valence electrons. The Morgan fingerprint density at radius 1 is 1.19 bits per heavy atom. The van der Waals surface area contributed by atoms with Gasteiger partial charge < -0.3 is 19.4 Å². The summed E-state index contributed by atoms with van der Waals surface area (Å²) < 4.78 is 7.75. The Morgan fingerprint density at radius 2 is 1.97 bits per heavy atom. The number of H-pyrrole nitrogens is 2. The summed E-state index contributed by atoms with van der Waals surface area (Å²) in [6.45, 7) is 11.2. The zero-order valence-corrected chi connectivity index (χ0v) is 21.1. The highest BCUT2D eigenvalue weighted by molar-refractivity contribution is 5.97. The summed E-state index contributed by atoms with van der Waals surface area (Å²) in [6.07, 6.45) is 3.83. The number of ether oxygens (including phenoxy) is 1. The van der Waals surface area contributed by atoms with Crippen LogP contribution in [0.4, 0.5) is 0 Å². The van der Waals surface area contributed by atoms with E-state index in [1.807, 2.05) is 39.0 Å². The lowest BCUT2D eigenvalue weighted by molar-refractivity contribution is 0.0187. The number of carbonyl (C=O) groups is 1. The van der Waals surface area contributed by atoms with Gasteiger partial charge in [0.2, 0.25) is 0 Å². The molecule has 1 unspecified atom stereocenters. The van der Waals surface area contributed by atoms with Crippen LogP contribution < -0.4 is 10.9 Å².